The summed E-state index contributed by atoms with van der Waals surface area (Å²) >= 11 is 0. The summed E-state index contributed by atoms with van der Waals surface area (Å²) in [6.45, 7) is 1.51. The minimum Gasteiger partial charge on any atom is -0.383 e. The quantitative estimate of drug-likeness (QED) is 0.515. The fraction of sp³-hybridized carbons (Fsp3) is 0.500. The predicted octanol–water partition coefficient (Wildman–Crippen LogP) is 0.382. The van der Waals surface area contributed by atoms with Gasteiger partial charge in [-0.05, 0) is 11.8 Å². The summed E-state index contributed by atoms with van der Waals surface area (Å²) in [5.74, 6) is 0.174. The lowest BCUT2D eigenvalue weighted by Gasteiger charge is -1.99. The van der Waals surface area contributed by atoms with Crippen LogP contribution in [0.15, 0.2) is 6.20 Å². The van der Waals surface area contributed by atoms with Crippen molar-refractivity contribution in [3.8, 4) is 0 Å². The second-order valence-corrected chi connectivity index (χ2v) is 2.47. The van der Waals surface area contributed by atoms with Crippen molar-refractivity contribution in [2.75, 3.05) is 0 Å². The molecule has 12 heavy (non-hydrogen) atoms. The molecule has 0 aliphatic carbocycles. The lowest BCUT2D eigenvalue weighted by molar-refractivity contribution is -0.391. The van der Waals surface area contributed by atoms with Gasteiger partial charge < -0.3 is 15.2 Å². The van der Waals surface area contributed by atoms with E-state index in [1.165, 1.54) is 18.5 Å². The van der Waals surface area contributed by atoms with Crippen LogP contribution < -0.4 is 0 Å². The second kappa shape index (κ2) is 2.90. The number of hydrogen-bond donors (Lipinski definition) is 1. The fourth-order valence-electron chi connectivity index (χ4n) is 0.972. The molecule has 6 nitrogen and oxygen atoms in total. The minimum absolute atomic E-state index is 0.120. The summed E-state index contributed by atoms with van der Waals surface area (Å²) in [6.07, 6.45) is 0.339. The maximum atomic E-state index is 10.3. The molecule has 66 valence electrons. The largest absolute Gasteiger partial charge is 0.383 e. The van der Waals surface area contributed by atoms with Crippen LogP contribution in [-0.2, 0) is 7.05 Å². The van der Waals surface area contributed by atoms with Gasteiger partial charge in [0.25, 0.3) is 0 Å². The first-order valence-electron chi connectivity index (χ1n) is 3.38. The van der Waals surface area contributed by atoms with Gasteiger partial charge in [0.2, 0.25) is 5.82 Å². The van der Waals surface area contributed by atoms with Gasteiger partial charge in [-0.25, -0.2) is 9.55 Å². The Balaban J connectivity index is 3.13. The van der Waals surface area contributed by atoms with Crippen LogP contribution in [0.4, 0.5) is 5.82 Å². The Labute approximate surface area is 68.6 Å². The van der Waals surface area contributed by atoms with E-state index in [4.69, 9.17) is 5.11 Å². The average Bonchev–Trinajstić information content (AvgIpc) is 2.30. The monoisotopic (exact) mass is 171 g/mol. The standard InChI is InChI=1S/C6H9N3O3/c1-4(10)6-7-3-5(8(6)2)9(11)12/h3-4,10H,1-2H3. The zero-order valence-corrected chi connectivity index (χ0v) is 6.76. The first-order valence-corrected chi connectivity index (χ1v) is 3.38. The minimum atomic E-state index is -0.788. The molecule has 0 spiro atoms. The Morgan fingerprint density at radius 1 is 1.83 bits per heavy atom. The van der Waals surface area contributed by atoms with Gasteiger partial charge in [0.05, 0.1) is 7.05 Å². The molecule has 1 aromatic rings. The maximum absolute atomic E-state index is 10.3. The summed E-state index contributed by atoms with van der Waals surface area (Å²) in [5, 5.41) is 19.4. The summed E-state index contributed by atoms with van der Waals surface area (Å²) < 4.78 is 1.25. The van der Waals surface area contributed by atoms with E-state index in [-0.39, 0.29) is 5.82 Å². The molecule has 0 aliphatic rings. The summed E-state index contributed by atoms with van der Waals surface area (Å²) in [7, 11) is 1.49. The number of aliphatic hydroxyl groups excluding tert-OH is 1. The zero-order valence-electron chi connectivity index (χ0n) is 6.76. The molecule has 1 rings (SSSR count). The molecule has 0 amide bonds. The number of aromatic nitrogens is 2. The van der Waals surface area contributed by atoms with Crippen molar-refractivity contribution >= 4 is 5.82 Å². The van der Waals surface area contributed by atoms with E-state index in [2.05, 4.69) is 4.98 Å². The zero-order chi connectivity index (χ0) is 9.30. The molecule has 1 unspecified atom stereocenters. The highest BCUT2D eigenvalue weighted by molar-refractivity contribution is 5.19. The van der Waals surface area contributed by atoms with Crippen LogP contribution in [-0.4, -0.2) is 19.6 Å². The van der Waals surface area contributed by atoms with Crippen LogP contribution in [0.1, 0.15) is 18.9 Å². The average molecular weight is 171 g/mol. The first kappa shape index (κ1) is 8.66. The molecule has 0 bridgehead atoms. The Bertz CT molecular complexity index is 305. The number of aliphatic hydroxyl groups is 1. The molecule has 0 radical (unpaired) electrons. The molecule has 1 aromatic heterocycles. The molecule has 0 saturated carbocycles. The predicted molar refractivity (Wildman–Crippen MR) is 40.5 cm³/mol. The van der Waals surface area contributed by atoms with E-state index < -0.39 is 11.0 Å². The van der Waals surface area contributed by atoms with Gasteiger partial charge in [0, 0.05) is 0 Å². The molecule has 0 aliphatic heterocycles. The molecule has 0 saturated heterocycles. The van der Waals surface area contributed by atoms with Crippen LogP contribution in [0.5, 0.6) is 0 Å². The molecule has 1 heterocycles. The highest BCUT2D eigenvalue weighted by Crippen LogP contribution is 2.16. The Hall–Kier alpha value is -1.43. The van der Waals surface area contributed by atoms with E-state index in [1.807, 2.05) is 0 Å². The first-order chi connectivity index (χ1) is 5.54. The highest BCUT2D eigenvalue weighted by Gasteiger charge is 2.19. The smallest absolute Gasteiger partial charge is 0.342 e. The number of nitrogens with zero attached hydrogens (tertiary/aromatic N) is 3. The van der Waals surface area contributed by atoms with E-state index in [0.717, 1.165) is 6.20 Å². The SMILES string of the molecule is CC(O)c1ncc([N+](=O)[O-])n1C. The second-order valence-electron chi connectivity index (χ2n) is 2.47. The van der Waals surface area contributed by atoms with Gasteiger partial charge in [-0.15, -0.1) is 0 Å². The third-order valence-electron chi connectivity index (χ3n) is 1.56. The Morgan fingerprint density at radius 3 is 2.67 bits per heavy atom. The summed E-state index contributed by atoms with van der Waals surface area (Å²) in [6, 6.07) is 0. The normalized spacial score (nSPS) is 12.9. The molecule has 6 heteroatoms. The lowest BCUT2D eigenvalue weighted by atomic mass is 10.4. The van der Waals surface area contributed by atoms with Crippen LogP contribution in [0.2, 0.25) is 0 Å². The lowest BCUT2D eigenvalue weighted by Crippen LogP contribution is -2.04. The van der Waals surface area contributed by atoms with Gasteiger partial charge in [0.1, 0.15) is 12.3 Å². The van der Waals surface area contributed by atoms with E-state index in [1.54, 1.807) is 0 Å². The number of rotatable bonds is 2. The van der Waals surface area contributed by atoms with Crippen molar-refractivity contribution in [3.63, 3.8) is 0 Å². The van der Waals surface area contributed by atoms with E-state index >= 15 is 0 Å². The summed E-state index contributed by atoms with van der Waals surface area (Å²) in [4.78, 5) is 13.5. The van der Waals surface area contributed by atoms with Gasteiger partial charge >= 0.3 is 5.82 Å². The summed E-state index contributed by atoms with van der Waals surface area (Å²) in [5.41, 5.74) is 0. The Kier molecular flexibility index (Phi) is 2.09. The van der Waals surface area contributed by atoms with Crippen LogP contribution in [0, 0.1) is 10.1 Å². The van der Waals surface area contributed by atoms with Crippen molar-refractivity contribution in [3.05, 3.63) is 22.1 Å². The highest BCUT2D eigenvalue weighted by atomic mass is 16.6. The topological polar surface area (TPSA) is 81.2 Å². The molecular weight excluding hydrogens is 162 g/mol. The molecule has 0 aromatic carbocycles. The van der Waals surface area contributed by atoms with Crippen molar-refractivity contribution in [2.45, 2.75) is 13.0 Å². The third-order valence-corrected chi connectivity index (χ3v) is 1.56. The van der Waals surface area contributed by atoms with Crippen LogP contribution >= 0.6 is 0 Å². The number of imidazole rings is 1. The maximum Gasteiger partial charge on any atom is 0.342 e. The van der Waals surface area contributed by atoms with E-state index in [9.17, 15) is 10.1 Å². The van der Waals surface area contributed by atoms with Crippen LogP contribution in [0.3, 0.4) is 0 Å². The molecule has 1 N–H and O–H groups in total. The fourth-order valence-corrected chi connectivity index (χ4v) is 0.972. The van der Waals surface area contributed by atoms with Crippen molar-refractivity contribution < 1.29 is 10.0 Å². The van der Waals surface area contributed by atoms with E-state index in [0.29, 0.717) is 5.82 Å². The molecular formula is C6H9N3O3. The van der Waals surface area contributed by atoms with Crippen molar-refractivity contribution in [1.82, 2.24) is 9.55 Å². The van der Waals surface area contributed by atoms with Gasteiger partial charge in [0.15, 0.2) is 0 Å². The van der Waals surface area contributed by atoms with Crippen molar-refractivity contribution in [1.29, 1.82) is 0 Å². The number of nitro groups is 1. The van der Waals surface area contributed by atoms with Gasteiger partial charge in [-0.1, -0.05) is 0 Å². The third kappa shape index (κ3) is 1.28. The van der Waals surface area contributed by atoms with Crippen LogP contribution in [0.25, 0.3) is 0 Å². The van der Waals surface area contributed by atoms with Gasteiger partial charge in [-0.3, -0.25) is 0 Å². The molecule has 0 fully saturated rings. The molecule has 1 atom stereocenters. The van der Waals surface area contributed by atoms with Gasteiger partial charge in [-0.2, -0.15) is 0 Å². The Morgan fingerprint density at radius 2 is 2.42 bits per heavy atom. The number of hydrogen-bond acceptors (Lipinski definition) is 4. The van der Waals surface area contributed by atoms with Crippen molar-refractivity contribution in [2.24, 2.45) is 7.05 Å².